The average molecular weight is 388 g/mol. The molecule has 1 aromatic heterocycles. The van der Waals surface area contributed by atoms with Crippen LogP contribution >= 0.6 is 0 Å². The minimum atomic E-state index is -4.78. The van der Waals surface area contributed by atoms with Crippen LogP contribution in [0.4, 0.5) is 13.2 Å². The van der Waals surface area contributed by atoms with E-state index in [-0.39, 0.29) is 12.3 Å². The summed E-state index contributed by atoms with van der Waals surface area (Å²) in [7, 11) is 1.27. The third-order valence-electron chi connectivity index (χ3n) is 3.88. The average Bonchev–Trinajstić information content (AvgIpc) is 2.98. The topological polar surface area (TPSA) is 53.4 Å². The van der Waals surface area contributed by atoms with E-state index in [1.54, 1.807) is 31.2 Å². The van der Waals surface area contributed by atoms with Gasteiger partial charge in [-0.15, -0.1) is 13.2 Å². The smallest absolute Gasteiger partial charge is 0.465 e. The summed E-state index contributed by atoms with van der Waals surface area (Å²) in [5, 5.41) is 5.08. The summed E-state index contributed by atoms with van der Waals surface area (Å²) in [6.45, 7) is 1.78. The predicted octanol–water partition coefficient (Wildman–Crippen LogP) is 4.14. The number of fused-ring (bicyclic) bond motifs is 1. The fraction of sp³-hybridized carbons (Fsp3) is 0.200. The number of aromatic nitrogens is 2. The second-order valence-corrected chi connectivity index (χ2v) is 5.77. The SMILES string of the molecule is CC#Cc1nn(Cc2cccc(OC(F)(F)F)c2)c2c(C(=O)OC)cccc12. The van der Waals surface area contributed by atoms with Gasteiger partial charge in [0.1, 0.15) is 11.4 Å². The van der Waals surface area contributed by atoms with Gasteiger partial charge in [-0.1, -0.05) is 24.1 Å². The summed E-state index contributed by atoms with van der Waals surface area (Å²) < 4.78 is 47.7. The molecule has 0 aliphatic rings. The van der Waals surface area contributed by atoms with Crippen molar-refractivity contribution >= 4 is 16.9 Å². The Hall–Kier alpha value is -3.47. The van der Waals surface area contributed by atoms with Gasteiger partial charge in [-0.25, -0.2) is 4.79 Å². The number of rotatable bonds is 4. The zero-order valence-electron chi connectivity index (χ0n) is 15.0. The molecule has 0 saturated heterocycles. The molecule has 0 bridgehead atoms. The van der Waals surface area contributed by atoms with Crippen LogP contribution in [0, 0.1) is 11.8 Å². The van der Waals surface area contributed by atoms with E-state index in [4.69, 9.17) is 4.74 Å². The molecule has 0 aliphatic carbocycles. The van der Waals surface area contributed by atoms with Gasteiger partial charge in [-0.05, 0) is 42.7 Å². The molecule has 144 valence electrons. The van der Waals surface area contributed by atoms with Crippen LogP contribution < -0.4 is 4.74 Å². The van der Waals surface area contributed by atoms with Gasteiger partial charge in [-0.2, -0.15) is 5.10 Å². The summed E-state index contributed by atoms with van der Waals surface area (Å²) in [5.74, 6) is 4.76. The van der Waals surface area contributed by atoms with Gasteiger partial charge in [0, 0.05) is 5.39 Å². The van der Waals surface area contributed by atoms with Crippen molar-refractivity contribution < 1.29 is 27.4 Å². The van der Waals surface area contributed by atoms with Crippen LogP contribution in [0.25, 0.3) is 10.9 Å². The number of halogens is 3. The quantitative estimate of drug-likeness (QED) is 0.498. The van der Waals surface area contributed by atoms with Crippen LogP contribution in [-0.2, 0) is 11.3 Å². The molecular formula is C20H15F3N2O3. The Morgan fingerprint density at radius 1 is 1.21 bits per heavy atom. The molecule has 0 amide bonds. The number of nitrogens with zero attached hydrogens (tertiary/aromatic N) is 2. The number of esters is 1. The molecule has 0 aliphatic heterocycles. The van der Waals surface area contributed by atoms with Gasteiger partial charge >= 0.3 is 12.3 Å². The molecule has 5 nitrogen and oxygen atoms in total. The molecule has 0 unspecified atom stereocenters. The predicted molar refractivity (Wildman–Crippen MR) is 95.9 cm³/mol. The number of hydrogen-bond acceptors (Lipinski definition) is 4. The molecule has 0 spiro atoms. The maximum atomic E-state index is 12.5. The summed E-state index contributed by atoms with van der Waals surface area (Å²) in [6.07, 6.45) is -4.78. The molecule has 0 radical (unpaired) electrons. The molecule has 0 fully saturated rings. The Labute approximate surface area is 158 Å². The van der Waals surface area contributed by atoms with E-state index in [1.807, 2.05) is 0 Å². The number of carbonyl (C=O) groups is 1. The number of alkyl halides is 3. The van der Waals surface area contributed by atoms with Crippen LogP contribution in [0.3, 0.4) is 0 Å². The lowest BCUT2D eigenvalue weighted by Crippen LogP contribution is -2.17. The third kappa shape index (κ3) is 4.09. The molecular weight excluding hydrogens is 373 g/mol. The molecule has 28 heavy (non-hydrogen) atoms. The van der Waals surface area contributed by atoms with Crippen LogP contribution in [0.2, 0.25) is 0 Å². The molecule has 3 rings (SSSR count). The fourth-order valence-electron chi connectivity index (χ4n) is 2.85. The number of para-hydroxylation sites is 1. The number of benzene rings is 2. The van der Waals surface area contributed by atoms with Crippen molar-refractivity contribution in [3.8, 4) is 17.6 Å². The van der Waals surface area contributed by atoms with Crippen molar-refractivity contribution in [3.05, 3.63) is 59.3 Å². The highest BCUT2D eigenvalue weighted by molar-refractivity contribution is 6.04. The Balaban J connectivity index is 2.09. The largest absolute Gasteiger partial charge is 0.573 e. The van der Waals surface area contributed by atoms with Crippen molar-refractivity contribution in [1.29, 1.82) is 0 Å². The van der Waals surface area contributed by atoms with Gasteiger partial charge in [0.15, 0.2) is 0 Å². The van der Waals surface area contributed by atoms with E-state index in [2.05, 4.69) is 21.7 Å². The highest BCUT2D eigenvalue weighted by Crippen LogP contribution is 2.26. The Morgan fingerprint density at radius 3 is 2.64 bits per heavy atom. The van der Waals surface area contributed by atoms with Gasteiger partial charge in [0.25, 0.3) is 0 Å². The standard InChI is InChI=1S/C20H15F3N2O3/c1-3-6-17-15-9-5-10-16(19(26)27-2)18(15)25(24-17)12-13-7-4-8-14(11-13)28-20(21,22)23/h4-5,7-11H,12H2,1-2H3. The first-order chi connectivity index (χ1) is 13.3. The molecule has 1 heterocycles. The number of ether oxygens (including phenoxy) is 2. The van der Waals surface area contributed by atoms with Crippen molar-refractivity contribution in [3.63, 3.8) is 0 Å². The first-order valence-corrected chi connectivity index (χ1v) is 8.17. The van der Waals surface area contributed by atoms with Gasteiger partial charge in [0.05, 0.1) is 24.7 Å². The van der Waals surface area contributed by atoms with Gasteiger partial charge < -0.3 is 9.47 Å². The summed E-state index contributed by atoms with van der Waals surface area (Å²) in [6, 6.07) is 10.6. The van der Waals surface area contributed by atoms with Crippen molar-refractivity contribution in [1.82, 2.24) is 9.78 Å². The van der Waals surface area contributed by atoms with Crippen LogP contribution in [-0.4, -0.2) is 29.2 Å². The summed E-state index contributed by atoms with van der Waals surface area (Å²) in [4.78, 5) is 12.2. The first kappa shape index (κ1) is 19.3. The Kier molecular flexibility index (Phi) is 5.27. The maximum Gasteiger partial charge on any atom is 0.573 e. The second kappa shape index (κ2) is 7.64. The molecule has 0 atom stereocenters. The van der Waals surface area contributed by atoms with E-state index in [0.717, 1.165) is 0 Å². The van der Waals surface area contributed by atoms with Gasteiger partial charge in [0.2, 0.25) is 0 Å². The van der Waals surface area contributed by atoms with E-state index in [0.29, 0.717) is 27.7 Å². The van der Waals surface area contributed by atoms with E-state index in [1.165, 1.54) is 30.0 Å². The fourth-order valence-corrected chi connectivity index (χ4v) is 2.85. The Morgan fingerprint density at radius 2 is 1.96 bits per heavy atom. The first-order valence-electron chi connectivity index (χ1n) is 8.17. The van der Waals surface area contributed by atoms with E-state index >= 15 is 0 Å². The highest BCUT2D eigenvalue weighted by atomic mass is 19.4. The number of carbonyl (C=O) groups excluding carboxylic acids is 1. The van der Waals surface area contributed by atoms with Crippen molar-refractivity contribution in [2.24, 2.45) is 0 Å². The molecule has 3 aromatic rings. The van der Waals surface area contributed by atoms with E-state index < -0.39 is 12.3 Å². The zero-order valence-corrected chi connectivity index (χ0v) is 15.0. The number of hydrogen-bond donors (Lipinski definition) is 0. The third-order valence-corrected chi connectivity index (χ3v) is 3.88. The lowest BCUT2D eigenvalue weighted by atomic mass is 10.1. The van der Waals surface area contributed by atoms with Crippen molar-refractivity contribution in [2.75, 3.05) is 7.11 Å². The van der Waals surface area contributed by atoms with Crippen LogP contribution in [0.1, 0.15) is 28.5 Å². The minimum Gasteiger partial charge on any atom is -0.465 e. The molecule has 2 aromatic carbocycles. The molecule has 0 N–H and O–H groups in total. The maximum absolute atomic E-state index is 12.5. The lowest BCUT2D eigenvalue weighted by Gasteiger charge is -2.11. The summed E-state index contributed by atoms with van der Waals surface area (Å²) in [5.41, 5.74) is 1.77. The highest BCUT2D eigenvalue weighted by Gasteiger charge is 2.31. The molecule has 0 saturated carbocycles. The zero-order chi connectivity index (χ0) is 20.3. The Bertz CT molecular complexity index is 1090. The minimum absolute atomic E-state index is 0.116. The van der Waals surface area contributed by atoms with Crippen LogP contribution in [0.15, 0.2) is 42.5 Å². The normalized spacial score (nSPS) is 11.0. The van der Waals surface area contributed by atoms with Crippen LogP contribution in [0.5, 0.6) is 5.75 Å². The molecule has 8 heteroatoms. The second-order valence-electron chi connectivity index (χ2n) is 5.77. The monoisotopic (exact) mass is 388 g/mol. The van der Waals surface area contributed by atoms with E-state index in [9.17, 15) is 18.0 Å². The van der Waals surface area contributed by atoms with Crippen molar-refractivity contribution in [2.45, 2.75) is 19.8 Å². The summed E-state index contributed by atoms with van der Waals surface area (Å²) >= 11 is 0. The lowest BCUT2D eigenvalue weighted by molar-refractivity contribution is -0.274. The van der Waals surface area contributed by atoms with Gasteiger partial charge in [-0.3, -0.25) is 4.68 Å². The number of methoxy groups -OCH3 is 1.